The van der Waals surface area contributed by atoms with Crippen molar-refractivity contribution < 1.29 is 4.74 Å². The average Bonchev–Trinajstić information content (AvgIpc) is 3.11. The molecule has 0 radical (unpaired) electrons. The topological polar surface area (TPSA) is 22.1 Å². The second kappa shape index (κ2) is 5.73. The van der Waals surface area contributed by atoms with E-state index in [0.29, 0.717) is 5.92 Å². The largest absolute Gasteiger partial charge is 0.497 e. The van der Waals surface area contributed by atoms with Gasteiger partial charge in [-0.05, 0) is 35.4 Å². The first kappa shape index (κ1) is 13.8. The van der Waals surface area contributed by atoms with Crippen LogP contribution in [0.2, 0.25) is 0 Å². The maximum atomic E-state index is 5.22. The Labute approximate surface area is 135 Å². The summed E-state index contributed by atoms with van der Waals surface area (Å²) in [7, 11) is 1.69. The number of allylic oxidation sites excluding steroid dienone is 4. The average molecular weight is 299 g/mol. The van der Waals surface area contributed by atoms with Gasteiger partial charge in [-0.3, -0.25) is 0 Å². The van der Waals surface area contributed by atoms with Crippen LogP contribution in [0.5, 0.6) is 5.75 Å². The number of nitrogens with zero attached hydrogens (tertiary/aromatic N) is 1. The Morgan fingerprint density at radius 1 is 0.913 bits per heavy atom. The van der Waals surface area contributed by atoms with Crippen LogP contribution in [-0.2, 0) is 0 Å². The highest BCUT2D eigenvalue weighted by atomic mass is 16.5. The molecule has 0 spiro atoms. The van der Waals surface area contributed by atoms with Crippen LogP contribution in [0.15, 0.2) is 78.9 Å². The lowest BCUT2D eigenvalue weighted by molar-refractivity contribution is 0.414. The first-order valence-electron chi connectivity index (χ1n) is 7.74. The predicted molar refractivity (Wildman–Crippen MR) is 94.6 cm³/mol. The highest BCUT2D eigenvalue weighted by molar-refractivity contribution is 5.83. The molecule has 1 aromatic heterocycles. The molecule has 2 aromatic carbocycles. The molecule has 1 unspecified atom stereocenters. The molecule has 0 bridgehead atoms. The number of methoxy groups -OCH3 is 1. The van der Waals surface area contributed by atoms with E-state index in [-0.39, 0.29) is 0 Å². The summed E-state index contributed by atoms with van der Waals surface area (Å²) in [5.74, 6) is 1.18. The number of fused-ring (bicyclic) bond motifs is 1. The van der Waals surface area contributed by atoms with Crippen molar-refractivity contribution in [3.63, 3.8) is 0 Å². The van der Waals surface area contributed by atoms with Gasteiger partial charge in [0.25, 0.3) is 0 Å². The summed E-state index contributed by atoms with van der Waals surface area (Å²) >= 11 is 0. The summed E-state index contributed by atoms with van der Waals surface area (Å²) < 4.78 is 5.22. The molecular weight excluding hydrogens is 282 g/mol. The Hall–Kier alpha value is -2.87. The number of hydrogen-bond donors (Lipinski definition) is 0. The van der Waals surface area contributed by atoms with E-state index in [1.165, 1.54) is 16.5 Å². The standard InChI is InChI=1S/C21H17NO/c1-23-19-11-8-15(9-12-19)17-6-7-18(14-17)21-13-10-16-4-2-3-5-20(16)22-21/h2-14,17H,1H3. The Morgan fingerprint density at radius 2 is 1.74 bits per heavy atom. The van der Waals surface area contributed by atoms with Crippen molar-refractivity contribution in [2.75, 3.05) is 7.11 Å². The molecule has 4 rings (SSSR count). The van der Waals surface area contributed by atoms with Gasteiger partial charge in [0.05, 0.1) is 18.3 Å². The molecule has 0 N–H and O–H groups in total. The molecule has 112 valence electrons. The highest BCUT2D eigenvalue weighted by Crippen LogP contribution is 2.32. The van der Waals surface area contributed by atoms with E-state index >= 15 is 0 Å². The van der Waals surface area contributed by atoms with Crippen molar-refractivity contribution >= 4 is 16.5 Å². The van der Waals surface area contributed by atoms with Crippen LogP contribution in [0.1, 0.15) is 17.2 Å². The number of rotatable bonds is 3. The number of aromatic nitrogens is 1. The molecule has 0 aliphatic heterocycles. The zero-order valence-corrected chi connectivity index (χ0v) is 12.9. The van der Waals surface area contributed by atoms with Gasteiger partial charge < -0.3 is 4.74 Å². The van der Waals surface area contributed by atoms with Crippen LogP contribution in [0, 0.1) is 0 Å². The third kappa shape index (κ3) is 2.64. The minimum Gasteiger partial charge on any atom is -0.497 e. The van der Waals surface area contributed by atoms with Gasteiger partial charge in [-0.2, -0.15) is 0 Å². The van der Waals surface area contributed by atoms with Gasteiger partial charge in [-0.25, -0.2) is 4.98 Å². The fourth-order valence-corrected chi connectivity index (χ4v) is 2.94. The summed E-state index contributed by atoms with van der Waals surface area (Å²) in [6.45, 7) is 0. The number of pyridine rings is 1. The molecule has 0 saturated heterocycles. The molecule has 23 heavy (non-hydrogen) atoms. The quantitative estimate of drug-likeness (QED) is 0.680. The molecule has 0 fully saturated rings. The SMILES string of the molecule is COc1ccc(C2C=CC(c3ccc4ccccc4n3)=C2)cc1. The summed E-state index contributed by atoms with van der Waals surface area (Å²) in [5, 5.41) is 1.17. The van der Waals surface area contributed by atoms with Gasteiger partial charge in [-0.1, -0.05) is 54.6 Å². The van der Waals surface area contributed by atoms with E-state index in [4.69, 9.17) is 9.72 Å². The summed E-state index contributed by atoms with van der Waals surface area (Å²) in [4.78, 5) is 4.77. The van der Waals surface area contributed by atoms with Crippen LogP contribution in [0.4, 0.5) is 0 Å². The lowest BCUT2D eigenvalue weighted by Crippen LogP contribution is -1.90. The fraction of sp³-hybridized carbons (Fsp3) is 0.0952. The van der Waals surface area contributed by atoms with Gasteiger partial charge in [0.2, 0.25) is 0 Å². The lowest BCUT2D eigenvalue weighted by atomic mass is 10.0. The number of para-hydroxylation sites is 1. The van der Waals surface area contributed by atoms with Crippen molar-refractivity contribution in [2.45, 2.75) is 5.92 Å². The van der Waals surface area contributed by atoms with Crippen molar-refractivity contribution in [3.8, 4) is 5.75 Å². The molecule has 3 aromatic rings. The minimum absolute atomic E-state index is 0.296. The molecule has 1 aliphatic carbocycles. The Balaban J connectivity index is 1.65. The second-order valence-electron chi connectivity index (χ2n) is 5.67. The fourth-order valence-electron chi connectivity index (χ4n) is 2.94. The second-order valence-corrected chi connectivity index (χ2v) is 5.67. The van der Waals surface area contributed by atoms with Crippen molar-refractivity contribution in [2.24, 2.45) is 0 Å². The molecule has 2 heteroatoms. The van der Waals surface area contributed by atoms with Crippen LogP contribution < -0.4 is 4.74 Å². The smallest absolute Gasteiger partial charge is 0.118 e. The summed E-state index contributed by atoms with van der Waals surface area (Å²) in [6, 6.07) is 20.7. The number of ether oxygens (including phenoxy) is 1. The normalized spacial score (nSPS) is 16.6. The third-order valence-corrected chi connectivity index (χ3v) is 4.24. The predicted octanol–water partition coefficient (Wildman–Crippen LogP) is 4.98. The van der Waals surface area contributed by atoms with Gasteiger partial charge >= 0.3 is 0 Å². The van der Waals surface area contributed by atoms with Crippen LogP contribution in [0.3, 0.4) is 0 Å². The van der Waals surface area contributed by atoms with Gasteiger partial charge in [-0.15, -0.1) is 0 Å². The molecule has 0 amide bonds. The number of hydrogen-bond acceptors (Lipinski definition) is 2. The van der Waals surface area contributed by atoms with Gasteiger partial charge in [0.15, 0.2) is 0 Å². The maximum Gasteiger partial charge on any atom is 0.118 e. The Morgan fingerprint density at radius 3 is 2.57 bits per heavy atom. The van der Waals surface area contributed by atoms with E-state index in [9.17, 15) is 0 Å². The molecule has 1 aliphatic rings. The lowest BCUT2D eigenvalue weighted by Gasteiger charge is -2.07. The summed E-state index contributed by atoms with van der Waals surface area (Å²) in [5.41, 5.74) is 4.50. The van der Waals surface area contributed by atoms with E-state index in [1.807, 2.05) is 24.3 Å². The van der Waals surface area contributed by atoms with Crippen molar-refractivity contribution in [1.29, 1.82) is 0 Å². The van der Waals surface area contributed by atoms with Crippen molar-refractivity contribution in [1.82, 2.24) is 4.98 Å². The van der Waals surface area contributed by atoms with Crippen molar-refractivity contribution in [3.05, 3.63) is 90.1 Å². The van der Waals surface area contributed by atoms with E-state index < -0.39 is 0 Å². The van der Waals surface area contributed by atoms with Crippen LogP contribution >= 0.6 is 0 Å². The molecular formula is C21H17NO. The van der Waals surface area contributed by atoms with Crippen LogP contribution in [-0.4, -0.2) is 12.1 Å². The monoisotopic (exact) mass is 299 g/mol. The first-order chi connectivity index (χ1) is 11.3. The molecule has 1 heterocycles. The number of benzene rings is 2. The molecule has 1 atom stereocenters. The van der Waals surface area contributed by atoms with E-state index in [2.05, 4.69) is 54.6 Å². The first-order valence-corrected chi connectivity index (χ1v) is 7.74. The van der Waals surface area contributed by atoms with Gasteiger partial charge in [0.1, 0.15) is 5.75 Å². The maximum absolute atomic E-state index is 5.22. The summed E-state index contributed by atoms with van der Waals surface area (Å²) in [6.07, 6.45) is 6.64. The van der Waals surface area contributed by atoms with Crippen LogP contribution in [0.25, 0.3) is 16.5 Å². The molecule has 0 saturated carbocycles. The minimum atomic E-state index is 0.296. The Kier molecular flexibility index (Phi) is 3.43. The Bertz CT molecular complexity index is 907. The van der Waals surface area contributed by atoms with E-state index in [0.717, 1.165) is 17.0 Å². The zero-order chi connectivity index (χ0) is 15.6. The zero-order valence-electron chi connectivity index (χ0n) is 12.9. The highest BCUT2D eigenvalue weighted by Gasteiger charge is 2.14. The molecule has 2 nitrogen and oxygen atoms in total. The van der Waals surface area contributed by atoms with E-state index in [1.54, 1.807) is 7.11 Å². The van der Waals surface area contributed by atoms with Gasteiger partial charge in [0, 0.05) is 11.3 Å². The third-order valence-electron chi connectivity index (χ3n) is 4.24.